The third-order valence-electron chi connectivity index (χ3n) is 7.19. The molecule has 0 amide bonds. The summed E-state index contributed by atoms with van der Waals surface area (Å²) in [7, 11) is 0. The van der Waals surface area contributed by atoms with Crippen molar-refractivity contribution in [3.05, 3.63) is 119 Å². The third-order valence-corrected chi connectivity index (χ3v) is 7.19. The van der Waals surface area contributed by atoms with Crippen LogP contribution in [0, 0.1) is 0 Å². The zero-order chi connectivity index (χ0) is 21.3. The van der Waals surface area contributed by atoms with Gasteiger partial charge in [0.2, 0.25) is 0 Å². The van der Waals surface area contributed by atoms with Crippen LogP contribution in [0.3, 0.4) is 0 Å². The van der Waals surface area contributed by atoms with Gasteiger partial charge in [-0.1, -0.05) is 97.9 Å². The summed E-state index contributed by atoms with van der Waals surface area (Å²) in [6.45, 7) is 5.34. The van der Waals surface area contributed by atoms with Crippen molar-refractivity contribution in [1.29, 1.82) is 0 Å². The first kappa shape index (κ1) is 20.3. The van der Waals surface area contributed by atoms with Gasteiger partial charge in [-0.3, -0.25) is 0 Å². The number of quaternary nitrogens is 1. The lowest BCUT2D eigenvalue weighted by Gasteiger charge is -2.47. The van der Waals surface area contributed by atoms with E-state index < -0.39 is 6.69 Å². The first-order chi connectivity index (χ1) is 15.2. The Morgan fingerprint density at radius 1 is 0.806 bits per heavy atom. The van der Waals surface area contributed by atoms with Gasteiger partial charge >= 0.3 is 6.69 Å². The highest BCUT2D eigenvalue weighted by molar-refractivity contribution is 6.68. The summed E-state index contributed by atoms with van der Waals surface area (Å²) in [4.78, 5) is 0. The molecule has 2 heterocycles. The maximum Gasteiger partial charge on any atom is 0.499 e. The van der Waals surface area contributed by atoms with Crippen LogP contribution in [0.1, 0.15) is 42.7 Å². The van der Waals surface area contributed by atoms with Gasteiger partial charge in [0, 0.05) is 5.56 Å². The SMILES string of the molecule is C/C=C(\C)[B-]12O[C@H](c3ccccc3)C[N+]1(Cc1ccccc1)C[C@@H](c1ccccc1)O2. The van der Waals surface area contributed by atoms with Gasteiger partial charge in [0.25, 0.3) is 0 Å². The Balaban J connectivity index is 1.61. The second-order valence-corrected chi connectivity index (χ2v) is 9.00. The molecular formula is C27H30BNO2. The van der Waals surface area contributed by atoms with E-state index in [0.717, 1.165) is 24.0 Å². The lowest BCUT2D eigenvalue weighted by molar-refractivity contribution is -0.838. The van der Waals surface area contributed by atoms with E-state index in [9.17, 15) is 0 Å². The number of allylic oxidation sites excluding steroid dienone is 2. The lowest BCUT2D eigenvalue weighted by atomic mass is 9.60. The summed E-state index contributed by atoms with van der Waals surface area (Å²) < 4.78 is 14.8. The Labute approximate surface area is 185 Å². The maximum atomic E-state index is 6.98. The van der Waals surface area contributed by atoms with Crippen LogP contribution in [0.4, 0.5) is 0 Å². The summed E-state index contributed by atoms with van der Waals surface area (Å²) in [6, 6.07) is 32.0. The predicted molar refractivity (Wildman–Crippen MR) is 126 cm³/mol. The Morgan fingerprint density at radius 3 is 1.71 bits per heavy atom. The lowest BCUT2D eigenvalue weighted by Crippen LogP contribution is -2.62. The summed E-state index contributed by atoms with van der Waals surface area (Å²) in [5.74, 6) is 0. The van der Waals surface area contributed by atoms with Crippen LogP contribution in [0.25, 0.3) is 0 Å². The molecule has 5 rings (SSSR count). The Bertz CT molecular complexity index is 1000. The Morgan fingerprint density at radius 2 is 1.26 bits per heavy atom. The fourth-order valence-electron chi connectivity index (χ4n) is 5.59. The van der Waals surface area contributed by atoms with Gasteiger partial charge < -0.3 is 13.7 Å². The molecular weight excluding hydrogens is 381 g/mol. The number of nitrogens with zero attached hydrogens (tertiary/aromatic N) is 1. The molecule has 3 nitrogen and oxygen atoms in total. The average molecular weight is 411 g/mol. The van der Waals surface area contributed by atoms with Crippen molar-refractivity contribution < 1.29 is 13.7 Å². The molecule has 0 spiro atoms. The highest BCUT2D eigenvalue weighted by Crippen LogP contribution is 2.52. The zero-order valence-electron chi connectivity index (χ0n) is 18.4. The molecule has 2 fully saturated rings. The Hall–Kier alpha value is -2.66. The second-order valence-electron chi connectivity index (χ2n) is 9.00. The topological polar surface area (TPSA) is 18.5 Å². The van der Waals surface area contributed by atoms with Gasteiger partial charge in [-0.25, -0.2) is 0 Å². The fraction of sp³-hybridized carbons (Fsp3) is 0.259. The molecule has 0 aromatic heterocycles. The van der Waals surface area contributed by atoms with Crippen molar-refractivity contribution in [3.8, 4) is 0 Å². The first-order valence-corrected chi connectivity index (χ1v) is 11.3. The molecule has 158 valence electrons. The number of benzene rings is 3. The minimum atomic E-state index is -1.66. The van der Waals surface area contributed by atoms with Crippen LogP contribution in [-0.2, 0) is 15.9 Å². The largest absolute Gasteiger partial charge is 0.500 e. The van der Waals surface area contributed by atoms with Gasteiger partial charge in [0.15, 0.2) is 0 Å². The molecule has 3 aromatic rings. The number of hydrogen-bond donors (Lipinski definition) is 0. The van der Waals surface area contributed by atoms with E-state index in [1.165, 1.54) is 22.2 Å². The van der Waals surface area contributed by atoms with Gasteiger partial charge in [-0.05, 0) is 18.1 Å². The molecule has 2 atom stereocenters. The van der Waals surface area contributed by atoms with E-state index >= 15 is 0 Å². The van der Waals surface area contributed by atoms with Gasteiger partial charge in [-0.2, -0.15) is 0 Å². The quantitative estimate of drug-likeness (QED) is 0.480. The van der Waals surface area contributed by atoms with Crippen LogP contribution in [0.15, 0.2) is 103 Å². The number of rotatable bonds is 5. The molecule has 3 aromatic carbocycles. The normalized spacial score (nSPS) is 30.3. The molecule has 31 heavy (non-hydrogen) atoms. The van der Waals surface area contributed by atoms with Crippen molar-refractivity contribution in [2.24, 2.45) is 0 Å². The number of hydrogen-bond acceptors (Lipinski definition) is 2. The average Bonchev–Trinajstić information content (AvgIpc) is 3.30. The molecule has 2 aliphatic rings. The monoisotopic (exact) mass is 411 g/mol. The standard InChI is InChI=1S/C27H30BNO2/c1-3-22(2)28-29(19-23-13-7-4-8-14-23,20-26(30-28)24-15-9-5-10-16-24)21-27(31-28)25-17-11-6-12-18-25/h3-18,26-27H,19-21H2,1-2H3/b22-3+/t26-,27-,28?,29?/m0/s1. The van der Waals surface area contributed by atoms with Crippen LogP contribution in [0.2, 0.25) is 0 Å². The molecule has 0 aliphatic carbocycles. The van der Waals surface area contributed by atoms with Gasteiger partial charge in [-0.15, -0.1) is 11.5 Å². The highest BCUT2D eigenvalue weighted by Gasteiger charge is 2.64. The van der Waals surface area contributed by atoms with Crippen LogP contribution in [0.5, 0.6) is 0 Å². The van der Waals surface area contributed by atoms with E-state index in [-0.39, 0.29) is 12.2 Å². The molecule has 0 saturated carbocycles. The Kier molecular flexibility index (Phi) is 5.31. The smallest absolute Gasteiger partial charge is 0.499 e. The second kappa shape index (κ2) is 8.12. The van der Waals surface area contributed by atoms with Crippen molar-refractivity contribution in [3.63, 3.8) is 0 Å². The number of fused-ring (bicyclic) bond motifs is 1. The third kappa shape index (κ3) is 3.45. The summed E-state index contributed by atoms with van der Waals surface area (Å²) in [5.41, 5.74) is 4.99. The van der Waals surface area contributed by atoms with Crippen LogP contribution < -0.4 is 0 Å². The van der Waals surface area contributed by atoms with E-state index in [1.807, 2.05) is 0 Å². The van der Waals surface area contributed by atoms with E-state index in [1.54, 1.807) is 0 Å². The van der Waals surface area contributed by atoms with Crippen LogP contribution >= 0.6 is 0 Å². The van der Waals surface area contributed by atoms with Gasteiger partial charge in [0.05, 0.1) is 31.8 Å². The van der Waals surface area contributed by atoms with Crippen molar-refractivity contribution in [2.45, 2.75) is 32.6 Å². The zero-order valence-corrected chi connectivity index (χ0v) is 18.4. The molecule has 4 heteroatoms. The maximum absolute atomic E-state index is 6.98. The van der Waals surface area contributed by atoms with Gasteiger partial charge in [0.1, 0.15) is 0 Å². The highest BCUT2D eigenvalue weighted by atomic mass is 16.7. The fourth-order valence-corrected chi connectivity index (χ4v) is 5.59. The van der Waals surface area contributed by atoms with Crippen molar-refractivity contribution in [1.82, 2.24) is 0 Å². The van der Waals surface area contributed by atoms with E-state index in [2.05, 4.69) is 111 Å². The minimum absolute atomic E-state index is 0.0246. The molecule has 0 N–H and O–H groups in total. The summed E-state index contributed by atoms with van der Waals surface area (Å²) in [5, 5.41) is 0. The van der Waals surface area contributed by atoms with Crippen LogP contribution in [-0.4, -0.2) is 24.2 Å². The molecule has 0 unspecified atom stereocenters. The van der Waals surface area contributed by atoms with Crippen molar-refractivity contribution >= 4 is 6.69 Å². The predicted octanol–water partition coefficient (Wildman–Crippen LogP) is 5.99. The minimum Gasteiger partial charge on any atom is -0.500 e. The molecule has 2 aliphatic heterocycles. The van der Waals surface area contributed by atoms with E-state index in [0.29, 0.717) is 0 Å². The molecule has 0 radical (unpaired) electrons. The summed E-state index contributed by atoms with van der Waals surface area (Å²) in [6.07, 6.45) is 2.23. The first-order valence-electron chi connectivity index (χ1n) is 11.3. The molecule has 0 bridgehead atoms. The van der Waals surface area contributed by atoms with E-state index in [4.69, 9.17) is 9.31 Å². The van der Waals surface area contributed by atoms with Crippen molar-refractivity contribution in [2.75, 3.05) is 13.1 Å². The molecule has 2 saturated heterocycles. The summed E-state index contributed by atoms with van der Waals surface area (Å²) >= 11 is 0.